The van der Waals surface area contributed by atoms with Gasteiger partial charge in [0.05, 0.1) is 19.6 Å². The number of carbonyl (C=O) groups excluding carboxylic acids is 1. The summed E-state index contributed by atoms with van der Waals surface area (Å²) in [5.74, 6) is -0.789. The molecule has 8 nitrogen and oxygen atoms in total. The van der Waals surface area contributed by atoms with Crippen molar-refractivity contribution in [2.45, 2.75) is 45.1 Å². The second-order valence-corrected chi connectivity index (χ2v) is 10.9. The number of carboxylic acids is 1. The normalized spacial score (nSPS) is 19.6. The number of likely N-dealkylation sites (tertiary alicyclic amines) is 1. The van der Waals surface area contributed by atoms with Crippen LogP contribution in [0.25, 0.3) is 0 Å². The summed E-state index contributed by atoms with van der Waals surface area (Å²) in [5.41, 5.74) is 2.70. The van der Waals surface area contributed by atoms with Crippen LogP contribution in [-0.4, -0.2) is 55.4 Å². The van der Waals surface area contributed by atoms with E-state index in [9.17, 15) is 19.1 Å². The zero-order chi connectivity index (χ0) is 29.8. The molecule has 3 unspecified atom stereocenters. The van der Waals surface area contributed by atoms with Gasteiger partial charge in [-0.3, -0.25) is 14.5 Å². The third-order valence-corrected chi connectivity index (χ3v) is 8.24. The number of fused-ring (bicyclic) bond motifs is 1. The summed E-state index contributed by atoms with van der Waals surface area (Å²) in [7, 11) is 1.58. The number of hydrogen-bond acceptors (Lipinski definition) is 6. The number of rotatable bonds is 11. The highest BCUT2D eigenvalue weighted by Crippen LogP contribution is 2.48. The fourth-order valence-corrected chi connectivity index (χ4v) is 6.05. The van der Waals surface area contributed by atoms with Crippen LogP contribution in [0.4, 0.5) is 10.1 Å². The average molecular weight is 577 g/mol. The maximum atomic E-state index is 14.1. The first-order valence-corrected chi connectivity index (χ1v) is 14.4. The fourth-order valence-electron chi connectivity index (χ4n) is 6.05. The predicted molar refractivity (Wildman–Crippen MR) is 157 cm³/mol. The fraction of sp³-hybridized carbons (Fsp3) is 0.394. The minimum Gasteiger partial charge on any atom is -0.497 e. The Labute approximate surface area is 245 Å². The number of halogens is 1. The molecule has 1 amide bonds. The Morgan fingerprint density at radius 3 is 2.45 bits per heavy atom. The van der Waals surface area contributed by atoms with Crippen molar-refractivity contribution in [3.05, 3.63) is 83.2 Å². The van der Waals surface area contributed by atoms with Crippen LogP contribution in [0.15, 0.2) is 60.7 Å². The quantitative estimate of drug-likeness (QED) is 0.283. The number of carboxylic acid groups (broad SMARTS) is 1. The van der Waals surface area contributed by atoms with Gasteiger partial charge in [-0.05, 0) is 72.5 Å². The highest BCUT2D eigenvalue weighted by molar-refractivity contribution is 5.95. The van der Waals surface area contributed by atoms with E-state index in [1.807, 2.05) is 29.2 Å². The highest BCUT2D eigenvalue weighted by atomic mass is 19.1. The smallest absolute Gasteiger partial charge is 0.309 e. The lowest BCUT2D eigenvalue weighted by atomic mass is 9.82. The first-order chi connectivity index (χ1) is 20.3. The second kappa shape index (κ2) is 12.8. The number of carbonyl (C=O) groups is 2. The van der Waals surface area contributed by atoms with Gasteiger partial charge in [-0.15, -0.1) is 0 Å². The monoisotopic (exact) mass is 576 g/mol. The van der Waals surface area contributed by atoms with Crippen molar-refractivity contribution in [2.24, 2.45) is 5.92 Å². The van der Waals surface area contributed by atoms with Crippen molar-refractivity contribution in [1.29, 1.82) is 0 Å². The van der Waals surface area contributed by atoms with Crippen molar-refractivity contribution in [1.82, 2.24) is 4.90 Å². The van der Waals surface area contributed by atoms with Crippen molar-refractivity contribution in [3.63, 3.8) is 0 Å². The van der Waals surface area contributed by atoms with E-state index in [0.29, 0.717) is 41.6 Å². The van der Waals surface area contributed by atoms with Gasteiger partial charge in [-0.1, -0.05) is 38.0 Å². The number of amides is 1. The molecule has 1 saturated heterocycles. The van der Waals surface area contributed by atoms with Gasteiger partial charge in [0.15, 0.2) is 11.5 Å². The average Bonchev–Trinajstić information content (AvgIpc) is 3.61. The van der Waals surface area contributed by atoms with E-state index < -0.39 is 23.8 Å². The lowest BCUT2D eigenvalue weighted by Gasteiger charge is -2.30. The molecule has 0 saturated carbocycles. The third-order valence-electron chi connectivity index (χ3n) is 8.24. The molecule has 1 fully saturated rings. The molecule has 0 bridgehead atoms. The molecule has 2 heterocycles. The highest BCUT2D eigenvalue weighted by Gasteiger charge is 2.48. The van der Waals surface area contributed by atoms with Crippen LogP contribution in [0.2, 0.25) is 0 Å². The standard InChI is InChI=1S/C33H37FN2O6/c1-4-5-6-15-36(24-10-13-27(34)21(2)16-24)30(37)19-35-18-26(23-9-14-28-29(17-23)42-20-41-28)31(33(38)39)32(35)22-7-11-25(40-3)12-8-22/h7-14,16-17,26,31-32H,4-6,15,18-20H2,1-3H3,(H,38,39). The molecule has 2 aliphatic heterocycles. The number of unbranched alkanes of at least 4 members (excludes halogenated alkanes) is 2. The lowest BCUT2D eigenvalue weighted by Crippen LogP contribution is -2.41. The van der Waals surface area contributed by atoms with E-state index >= 15 is 0 Å². The van der Waals surface area contributed by atoms with Crippen LogP contribution < -0.4 is 19.1 Å². The van der Waals surface area contributed by atoms with Crippen molar-refractivity contribution in [2.75, 3.05) is 38.4 Å². The first kappa shape index (κ1) is 29.4. The van der Waals surface area contributed by atoms with Crippen LogP contribution in [0, 0.1) is 18.7 Å². The summed E-state index contributed by atoms with van der Waals surface area (Å²) in [6.07, 6.45) is 2.75. The summed E-state index contributed by atoms with van der Waals surface area (Å²) >= 11 is 0. The number of benzene rings is 3. The molecule has 3 aromatic rings. The minimum atomic E-state index is -0.942. The maximum absolute atomic E-state index is 14.1. The molecule has 0 spiro atoms. The first-order valence-electron chi connectivity index (χ1n) is 14.4. The molecule has 2 aliphatic rings. The molecule has 3 atom stereocenters. The Kier molecular flexibility index (Phi) is 8.97. The van der Waals surface area contributed by atoms with Gasteiger partial charge in [0.25, 0.3) is 0 Å². The van der Waals surface area contributed by atoms with E-state index in [0.717, 1.165) is 30.4 Å². The van der Waals surface area contributed by atoms with Gasteiger partial charge in [-0.2, -0.15) is 0 Å². The Bertz CT molecular complexity index is 1430. The van der Waals surface area contributed by atoms with Crippen molar-refractivity contribution in [3.8, 4) is 17.2 Å². The summed E-state index contributed by atoms with van der Waals surface area (Å²) in [4.78, 5) is 30.6. The van der Waals surface area contributed by atoms with Gasteiger partial charge < -0.3 is 24.2 Å². The van der Waals surface area contributed by atoms with Crippen LogP contribution in [0.3, 0.4) is 0 Å². The van der Waals surface area contributed by atoms with Gasteiger partial charge in [0.1, 0.15) is 11.6 Å². The lowest BCUT2D eigenvalue weighted by molar-refractivity contribution is -0.143. The molecule has 1 N–H and O–H groups in total. The Hall–Kier alpha value is -4.11. The second-order valence-electron chi connectivity index (χ2n) is 10.9. The number of ether oxygens (including phenoxy) is 3. The Balaban J connectivity index is 1.50. The largest absolute Gasteiger partial charge is 0.497 e. The van der Waals surface area contributed by atoms with E-state index in [2.05, 4.69) is 6.92 Å². The molecule has 5 rings (SSSR count). The van der Waals surface area contributed by atoms with E-state index in [-0.39, 0.29) is 25.1 Å². The zero-order valence-corrected chi connectivity index (χ0v) is 24.2. The summed E-state index contributed by atoms with van der Waals surface area (Å²) in [6, 6.07) is 17.0. The third kappa shape index (κ3) is 6.06. The van der Waals surface area contributed by atoms with Gasteiger partial charge >= 0.3 is 5.97 Å². The Morgan fingerprint density at radius 2 is 1.76 bits per heavy atom. The number of aryl methyl sites for hydroxylation is 1. The van der Waals surface area contributed by atoms with Crippen LogP contribution >= 0.6 is 0 Å². The summed E-state index contributed by atoms with van der Waals surface area (Å²) in [5, 5.41) is 10.6. The van der Waals surface area contributed by atoms with Gasteiger partial charge in [0.2, 0.25) is 12.7 Å². The number of anilines is 1. The summed E-state index contributed by atoms with van der Waals surface area (Å²) < 4.78 is 30.5. The molecule has 3 aromatic carbocycles. The number of nitrogens with zero attached hydrogens (tertiary/aromatic N) is 2. The molecule has 42 heavy (non-hydrogen) atoms. The molecular formula is C33H37FN2O6. The van der Waals surface area contributed by atoms with E-state index in [1.54, 1.807) is 49.3 Å². The van der Waals surface area contributed by atoms with Gasteiger partial charge in [0, 0.05) is 30.7 Å². The van der Waals surface area contributed by atoms with E-state index in [4.69, 9.17) is 14.2 Å². The summed E-state index contributed by atoms with van der Waals surface area (Å²) in [6.45, 7) is 4.75. The molecular weight excluding hydrogens is 539 g/mol. The predicted octanol–water partition coefficient (Wildman–Crippen LogP) is 5.94. The molecule has 0 aliphatic carbocycles. The number of methoxy groups -OCH3 is 1. The minimum absolute atomic E-state index is 0.00404. The topological polar surface area (TPSA) is 88.5 Å². The van der Waals surface area contributed by atoms with Crippen molar-refractivity contribution < 1.29 is 33.3 Å². The van der Waals surface area contributed by atoms with Crippen molar-refractivity contribution >= 4 is 17.6 Å². The Morgan fingerprint density at radius 1 is 1.02 bits per heavy atom. The molecule has 0 aromatic heterocycles. The molecule has 0 radical (unpaired) electrons. The van der Waals surface area contributed by atoms with Crippen LogP contribution in [0.1, 0.15) is 54.8 Å². The SMILES string of the molecule is CCCCCN(C(=O)CN1CC(c2ccc3c(c2)OCO3)C(C(=O)O)C1c1ccc(OC)cc1)c1ccc(F)c(C)c1. The van der Waals surface area contributed by atoms with Crippen LogP contribution in [-0.2, 0) is 9.59 Å². The zero-order valence-electron chi connectivity index (χ0n) is 24.2. The molecule has 222 valence electrons. The maximum Gasteiger partial charge on any atom is 0.309 e. The van der Waals surface area contributed by atoms with E-state index in [1.165, 1.54) is 6.07 Å². The van der Waals surface area contributed by atoms with Crippen LogP contribution in [0.5, 0.6) is 17.2 Å². The van der Waals surface area contributed by atoms with Gasteiger partial charge in [-0.25, -0.2) is 4.39 Å². The number of hydrogen-bond donors (Lipinski definition) is 1. The number of aliphatic carboxylic acids is 1. The molecule has 9 heteroatoms.